The van der Waals surface area contributed by atoms with Crippen molar-refractivity contribution in [3.8, 4) is 27.9 Å². The van der Waals surface area contributed by atoms with Gasteiger partial charge in [0.25, 0.3) is 0 Å². The predicted octanol–water partition coefficient (Wildman–Crippen LogP) is 7.18. The Morgan fingerprint density at radius 1 is 0.956 bits per heavy atom. The molecule has 0 radical (unpaired) electrons. The molecule has 2 aromatic carbocycles. The summed E-state index contributed by atoms with van der Waals surface area (Å²) in [5, 5.41) is 10.9. The number of urea groups is 1. The molecular weight excluding hydrogens is 595 g/mol. The summed E-state index contributed by atoms with van der Waals surface area (Å²) in [6.45, 7) is 6.75. The molecule has 0 atom stereocenters. The number of carbonyl (C=O) groups is 2. The Labute approximate surface area is 263 Å². The number of hydrogen-bond acceptors (Lipinski definition) is 8. The summed E-state index contributed by atoms with van der Waals surface area (Å²) < 4.78 is 20.9. The zero-order valence-electron chi connectivity index (χ0n) is 25.0. The molecule has 1 aliphatic heterocycles. The number of anilines is 3. The second-order valence-electron chi connectivity index (χ2n) is 11.5. The van der Waals surface area contributed by atoms with Crippen LogP contribution < -0.4 is 20.3 Å². The van der Waals surface area contributed by atoms with Crippen molar-refractivity contribution >= 4 is 39.9 Å². The van der Waals surface area contributed by atoms with Gasteiger partial charge in [0.05, 0.1) is 34.3 Å². The molecule has 0 aliphatic carbocycles. The molecule has 1 fully saturated rings. The van der Waals surface area contributed by atoms with Gasteiger partial charge in [0.2, 0.25) is 5.91 Å². The van der Waals surface area contributed by atoms with Crippen molar-refractivity contribution < 1.29 is 18.7 Å². The summed E-state index contributed by atoms with van der Waals surface area (Å²) in [4.78, 5) is 40.7. The van der Waals surface area contributed by atoms with E-state index in [1.807, 2.05) is 32.9 Å². The van der Waals surface area contributed by atoms with Crippen molar-refractivity contribution in [2.24, 2.45) is 0 Å². The van der Waals surface area contributed by atoms with E-state index in [0.29, 0.717) is 35.9 Å². The van der Waals surface area contributed by atoms with E-state index in [2.05, 4.69) is 30.7 Å². The van der Waals surface area contributed by atoms with Gasteiger partial charge >= 0.3 is 12.0 Å². The van der Waals surface area contributed by atoms with Gasteiger partial charge in [-0.05, 0) is 66.9 Å². The van der Waals surface area contributed by atoms with Crippen LogP contribution in [0.1, 0.15) is 45.7 Å². The number of halogens is 1. The number of aromatic nitrogens is 5. The van der Waals surface area contributed by atoms with Crippen molar-refractivity contribution in [3.63, 3.8) is 0 Å². The molecule has 0 unspecified atom stereocenters. The lowest BCUT2D eigenvalue weighted by atomic mass is 9.92. The minimum absolute atomic E-state index is 0.113. The minimum Gasteiger partial charge on any atom is -0.424 e. The molecule has 6 rings (SSSR count). The monoisotopic (exact) mass is 626 g/mol. The van der Waals surface area contributed by atoms with E-state index in [1.54, 1.807) is 46.1 Å². The number of ether oxygens (including phenoxy) is 1. The van der Waals surface area contributed by atoms with Gasteiger partial charge in [-0.25, -0.2) is 28.8 Å². The van der Waals surface area contributed by atoms with E-state index in [0.717, 1.165) is 34.1 Å². The second-order valence-corrected chi connectivity index (χ2v) is 12.5. The van der Waals surface area contributed by atoms with E-state index in [1.165, 1.54) is 35.9 Å². The lowest BCUT2D eigenvalue weighted by molar-refractivity contribution is -0.119. The molecule has 13 heteroatoms. The fourth-order valence-electron chi connectivity index (χ4n) is 4.65. The Kier molecular flexibility index (Phi) is 8.26. The molecule has 11 nitrogen and oxygen atoms in total. The number of nitrogens with one attached hydrogen (secondary N) is 2. The Morgan fingerprint density at radius 3 is 2.38 bits per heavy atom. The molecule has 3 amide bonds. The molecule has 230 valence electrons. The average molecular weight is 627 g/mol. The lowest BCUT2D eigenvalue weighted by Gasteiger charge is -2.23. The van der Waals surface area contributed by atoms with Crippen LogP contribution in [0, 0.1) is 5.82 Å². The normalized spacial score (nSPS) is 13.5. The number of rotatable bonds is 7. The van der Waals surface area contributed by atoms with Gasteiger partial charge < -0.3 is 10.1 Å². The molecule has 3 aromatic heterocycles. The Balaban J connectivity index is 1.08. The number of amides is 3. The summed E-state index contributed by atoms with van der Waals surface area (Å²) in [5.41, 5.74) is 2.39. The van der Waals surface area contributed by atoms with Crippen molar-refractivity contribution in [1.82, 2.24) is 24.7 Å². The summed E-state index contributed by atoms with van der Waals surface area (Å²) in [7, 11) is 0. The molecule has 5 aromatic rings. The maximum absolute atomic E-state index is 13.5. The van der Waals surface area contributed by atoms with Gasteiger partial charge in [-0.3, -0.25) is 15.0 Å². The van der Waals surface area contributed by atoms with E-state index >= 15 is 0 Å². The Bertz CT molecular complexity index is 1810. The number of hydrogen-bond donors (Lipinski definition) is 2. The fraction of sp³-hybridized carbons (Fsp3) is 0.250. The van der Waals surface area contributed by atoms with Crippen LogP contribution >= 0.6 is 11.3 Å². The number of benzene rings is 2. The zero-order chi connectivity index (χ0) is 31.6. The first-order valence-corrected chi connectivity index (χ1v) is 15.2. The highest BCUT2D eigenvalue weighted by Gasteiger charge is 2.23. The van der Waals surface area contributed by atoms with Crippen LogP contribution in [0.3, 0.4) is 0 Å². The fourth-order valence-corrected chi connectivity index (χ4v) is 5.62. The first-order chi connectivity index (χ1) is 21.6. The van der Waals surface area contributed by atoms with Gasteiger partial charge in [0, 0.05) is 30.6 Å². The van der Waals surface area contributed by atoms with Crippen LogP contribution in [0.2, 0.25) is 0 Å². The maximum atomic E-state index is 13.5. The topological polar surface area (TPSA) is 127 Å². The Hall–Kier alpha value is -5.17. The van der Waals surface area contributed by atoms with E-state index in [-0.39, 0.29) is 23.1 Å². The number of nitrogens with zero attached hydrogens (tertiary/aromatic N) is 6. The van der Waals surface area contributed by atoms with E-state index in [9.17, 15) is 14.0 Å². The highest BCUT2D eigenvalue weighted by Crippen LogP contribution is 2.34. The van der Waals surface area contributed by atoms with Crippen LogP contribution in [0.25, 0.3) is 16.1 Å². The minimum atomic E-state index is -0.526. The van der Waals surface area contributed by atoms with Gasteiger partial charge in [0.15, 0.2) is 5.13 Å². The zero-order valence-corrected chi connectivity index (χ0v) is 25.8. The smallest absolute Gasteiger partial charge is 0.324 e. The summed E-state index contributed by atoms with van der Waals surface area (Å²) >= 11 is 1.49. The van der Waals surface area contributed by atoms with Crippen molar-refractivity contribution in [2.45, 2.75) is 45.4 Å². The third-order valence-corrected chi connectivity index (χ3v) is 8.14. The standard InChI is InChI=1S/C32H31FN8O3S/c1-32(2,3)26-16-27(41(39-26)23-11-9-21(33)10-12-23)38-29(43)37-22-17-34-30(35-18-22)44-24-13-7-20(8-14-24)25-19-36-31(45-25)40-15-5-4-6-28(40)42/h7-14,16-19H,4-6,15H2,1-3H3,(H2,37,38,43). The van der Waals surface area contributed by atoms with Gasteiger partial charge in [0.1, 0.15) is 17.4 Å². The van der Waals surface area contributed by atoms with E-state index < -0.39 is 6.03 Å². The molecule has 1 aliphatic rings. The van der Waals surface area contributed by atoms with Crippen molar-refractivity contribution in [3.05, 3.63) is 84.7 Å². The van der Waals surface area contributed by atoms with Crippen LogP contribution in [0.4, 0.5) is 25.8 Å². The first-order valence-electron chi connectivity index (χ1n) is 14.4. The van der Waals surface area contributed by atoms with Crippen LogP contribution in [-0.2, 0) is 10.2 Å². The lowest BCUT2D eigenvalue weighted by Crippen LogP contribution is -2.34. The third-order valence-electron chi connectivity index (χ3n) is 7.07. The number of thiazole rings is 1. The summed E-state index contributed by atoms with van der Waals surface area (Å²) in [6.07, 6.45) is 7.14. The number of piperidine rings is 1. The van der Waals surface area contributed by atoms with Gasteiger partial charge in [-0.1, -0.05) is 32.1 Å². The summed E-state index contributed by atoms with van der Waals surface area (Å²) in [5.74, 6) is 0.715. The highest BCUT2D eigenvalue weighted by molar-refractivity contribution is 7.19. The van der Waals surface area contributed by atoms with Crippen LogP contribution in [-0.4, -0.2) is 43.2 Å². The largest absolute Gasteiger partial charge is 0.424 e. The second kappa shape index (κ2) is 12.4. The Morgan fingerprint density at radius 2 is 1.69 bits per heavy atom. The van der Waals surface area contributed by atoms with Gasteiger partial charge in [-0.15, -0.1) is 0 Å². The molecule has 45 heavy (non-hydrogen) atoms. The van der Waals surface area contributed by atoms with Crippen LogP contribution in [0.15, 0.2) is 73.2 Å². The van der Waals surface area contributed by atoms with Crippen molar-refractivity contribution in [1.29, 1.82) is 0 Å². The quantitative estimate of drug-likeness (QED) is 0.196. The summed E-state index contributed by atoms with van der Waals surface area (Å²) in [6, 6.07) is 14.7. The maximum Gasteiger partial charge on any atom is 0.324 e. The molecule has 0 bridgehead atoms. The van der Waals surface area contributed by atoms with Crippen LogP contribution in [0.5, 0.6) is 11.8 Å². The molecular formula is C32H31FN8O3S. The SMILES string of the molecule is CC(C)(C)c1cc(NC(=O)Nc2cnc(Oc3ccc(-c4cnc(N5CCCCC5=O)s4)cc3)nc2)n(-c2ccc(F)cc2)n1. The first kappa shape index (κ1) is 29.9. The van der Waals surface area contributed by atoms with Gasteiger partial charge in [-0.2, -0.15) is 5.10 Å². The third kappa shape index (κ3) is 6.99. The molecule has 0 saturated carbocycles. The van der Waals surface area contributed by atoms with Crippen molar-refractivity contribution in [2.75, 3.05) is 22.1 Å². The number of carbonyl (C=O) groups excluding carboxylic acids is 2. The molecule has 2 N–H and O–H groups in total. The highest BCUT2D eigenvalue weighted by atomic mass is 32.1. The average Bonchev–Trinajstić information content (AvgIpc) is 3.68. The molecule has 1 saturated heterocycles. The molecule has 0 spiro atoms. The predicted molar refractivity (Wildman–Crippen MR) is 171 cm³/mol. The van der Waals surface area contributed by atoms with E-state index in [4.69, 9.17) is 4.74 Å². The molecule has 4 heterocycles.